The molecule has 0 spiro atoms. The first kappa shape index (κ1) is 15.2. The standard InChI is InChI=1S/C13H15N3O4/c1-2-7-14-13(20)16-10-5-3-9(4-6-10)12(19)15-8-11(17)18/h2-6H,1,7-8H2,(H,15,19)(H,17,18)(H2,14,16,20). The van der Waals surface area contributed by atoms with E-state index in [-0.39, 0.29) is 6.03 Å². The number of carboxylic acids is 1. The van der Waals surface area contributed by atoms with Crippen molar-refractivity contribution in [2.24, 2.45) is 0 Å². The number of benzene rings is 1. The number of aliphatic carboxylic acids is 1. The second-order valence-electron chi connectivity index (χ2n) is 3.78. The van der Waals surface area contributed by atoms with Crippen molar-refractivity contribution in [3.8, 4) is 0 Å². The highest BCUT2D eigenvalue weighted by Crippen LogP contribution is 2.09. The Balaban J connectivity index is 2.55. The lowest BCUT2D eigenvalue weighted by Gasteiger charge is -2.07. The van der Waals surface area contributed by atoms with Gasteiger partial charge in [-0.1, -0.05) is 6.08 Å². The highest BCUT2D eigenvalue weighted by Gasteiger charge is 2.07. The number of carboxylic acid groups (broad SMARTS) is 1. The van der Waals surface area contributed by atoms with Gasteiger partial charge in [0.2, 0.25) is 0 Å². The summed E-state index contributed by atoms with van der Waals surface area (Å²) in [6.07, 6.45) is 1.55. The molecule has 106 valence electrons. The van der Waals surface area contributed by atoms with E-state index in [1.165, 1.54) is 12.1 Å². The molecule has 0 atom stereocenters. The highest BCUT2D eigenvalue weighted by molar-refractivity contribution is 5.96. The Morgan fingerprint density at radius 2 is 1.80 bits per heavy atom. The lowest BCUT2D eigenvalue weighted by molar-refractivity contribution is -0.135. The summed E-state index contributed by atoms with van der Waals surface area (Å²) in [6, 6.07) is 5.68. The predicted octanol–water partition coefficient (Wildman–Crippen LogP) is 0.808. The number of anilines is 1. The summed E-state index contributed by atoms with van der Waals surface area (Å²) in [6.45, 7) is 3.38. The van der Waals surface area contributed by atoms with Crippen LogP contribution in [0.15, 0.2) is 36.9 Å². The summed E-state index contributed by atoms with van der Waals surface area (Å²) in [4.78, 5) is 33.2. The van der Waals surface area contributed by atoms with Crippen molar-refractivity contribution in [1.29, 1.82) is 0 Å². The maximum atomic E-state index is 11.5. The van der Waals surface area contributed by atoms with Crippen LogP contribution in [0.25, 0.3) is 0 Å². The zero-order valence-electron chi connectivity index (χ0n) is 10.7. The van der Waals surface area contributed by atoms with E-state index in [0.717, 1.165) is 0 Å². The predicted molar refractivity (Wildman–Crippen MR) is 73.6 cm³/mol. The SMILES string of the molecule is C=CCNC(=O)Nc1ccc(C(=O)NCC(=O)O)cc1. The molecule has 1 rings (SSSR count). The fraction of sp³-hybridized carbons (Fsp3) is 0.154. The first-order valence-electron chi connectivity index (χ1n) is 5.78. The molecule has 0 bridgehead atoms. The number of carbonyl (C=O) groups excluding carboxylic acids is 2. The second-order valence-corrected chi connectivity index (χ2v) is 3.78. The number of urea groups is 1. The monoisotopic (exact) mass is 277 g/mol. The second kappa shape index (κ2) is 7.57. The van der Waals surface area contributed by atoms with E-state index >= 15 is 0 Å². The van der Waals surface area contributed by atoms with Crippen LogP contribution in [0.3, 0.4) is 0 Å². The summed E-state index contributed by atoms with van der Waals surface area (Å²) in [7, 11) is 0. The molecule has 0 unspecified atom stereocenters. The Morgan fingerprint density at radius 1 is 1.15 bits per heavy atom. The van der Waals surface area contributed by atoms with E-state index in [2.05, 4.69) is 22.5 Å². The fourth-order valence-electron chi connectivity index (χ4n) is 1.30. The van der Waals surface area contributed by atoms with Crippen LogP contribution in [-0.4, -0.2) is 36.1 Å². The van der Waals surface area contributed by atoms with Crippen LogP contribution in [0.4, 0.5) is 10.5 Å². The number of hydrogen-bond acceptors (Lipinski definition) is 3. The van der Waals surface area contributed by atoms with Gasteiger partial charge in [0, 0.05) is 17.8 Å². The molecule has 0 saturated heterocycles. The smallest absolute Gasteiger partial charge is 0.322 e. The number of hydrogen-bond donors (Lipinski definition) is 4. The van der Waals surface area contributed by atoms with Crippen molar-refractivity contribution in [2.75, 3.05) is 18.4 Å². The highest BCUT2D eigenvalue weighted by atomic mass is 16.4. The Kier molecular flexibility index (Phi) is 5.76. The molecule has 0 fully saturated rings. The van der Waals surface area contributed by atoms with E-state index in [9.17, 15) is 14.4 Å². The van der Waals surface area contributed by atoms with Gasteiger partial charge in [-0.15, -0.1) is 6.58 Å². The average Bonchev–Trinajstić information content (AvgIpc) is 2.43. The molecule has 0 aliphatic heterocycles. The number of rotatable bonds is 6. The minimum Gasteiger partial charge on any atom is -0.480 e. The first-order chi connectivity index (χ1) is 9.52. The summed E-state index contributed by atoms with van der Waals surface area (Å²) in [5, 5.41) is 15.8. The summed E-state index contributed by atoms with van der Waals surface area (Å²) < 4.78 is 0. The van der Waals surface area contributed by atoms with Crippen LogP contribution in [0.5, 0.6) is 0 Å². The zero-order valence-corrected chi connectivity index (χ0v) is 10.7. The van der Waals surface area contributed by atoms with Crippen molar-refractivity contribution in [1.82, 2.24) is 10.6 Å². The van der Waals surface area contributed by atoms with Gasteiger partial charge in [0.1, 0.15) is 6.54 Å². The largest absolute Gasteiger partial charge is 0.480 e. The van der Waals surface area contributed by atoms with Crippen LogP contribution in [0.2, 0.25) is 0 Å². The van der Waals surface area contributed by atoms with Gasteiger partial charge in [-0.2, -0.15) is 0 Å². The van der Waals surface area contributed by atoms with Crippen molar-refractivity contribution in [2.45, 2.75) is 0 Å². The molecular weight excluding hydrogens is 262 g/mol. The Bertz CT molecular complexity index is 511. The summed E-state index contributed by atoms with van der Waals surface area (Å²) in [5.41, 5.74) is 0.824. The quantitative estimate of drug-likeness (QED) is 0.577. The van der Waals surface area contributed by atoms with Crippen LogP contribution in [-0.2, 0) is 4.79 Å². The maximum Gasteiger partial charge on any atom is 0.322 e. The van der Waals surface area contributed by atoms with Crippen LogP contribution in [0, 0.1) is 0 Å². The van der Waals surface area contributed by atoms with E-state index < -0.39 is 18.4 Å². The van der Waals surface area contributed by atoms with E-state index in [4.69, 9.17) is 5.11 Å². The normalized spacial score (nSPS) is 9.40. The van der Waals surface area contributed by atoms with Crippen LogP contribution in [0.1, 0.15) is 10.4 Å². The third-order valence-corrected chi connectivity index (χ3v) is 2.21. The molecule has 7 nitrogen and oxygen atoms in total. The zero-order chi connectivity index (χ0) is 15.0. The molecule has 20 heavy (non-hydrogen) atoms. The molecule has 0 aliphatic rings. The summed E-state index contributed by atoms with van der Waals surface area (Å²) >= 11 is 0. The molecule has 0 radical (unpaired) electrons. The maximum absolute atomic E-state index is 11.5. The third kappa shape index (κ3) is 5.21. The van der Waals surface area contributed by atoms with Crippen molar-refractivity contribution in [3.63, 3.8) is 0 Å². The lowest BCUT2D eigenvalue weighted by atomic mass is 10.2. The molecule has 4 N–H and O–H groups in total. The van der Waals surface area contributed by atoms with E-state index in [1.54, 1.807) is 18.2 Å². The Morgan fingerprint density at radius 3 is 2.35 bits per heavy atom. The van der Waals surface area contributed by atoms with E-state index in [0.29, 0.717) is 17.8 Å². The number of carbonyl (C=O) groups is 3. The van der Waals surface area contributed by atoms with Crippen LogP contribution >= 0.6 is 0 Å². The molecular formula is C13H15N3O4. The molecule has 0 heterocycles. The van der Waals surface area contributed by atoms with Gasteiger partial charge in [0.05, 0.1) is 0 Å². The van der Waals surface area contributed by atoms with Gasteiger partial charge in [-0.05, 0) is 24.3 Å². The first-order valence-corrected chi connectivity index (χ1v) is 5.78. The molecule has 7 heteroatoms. The van der Waals surface area contributed by atoms with Gasteiger partial charge in [0.15, 0.2) is 0 Å². The molecule has 1 aromatic rings. The number of nitrogens with one attached hydrogen (secondary N) is 3. The molecule has 0 saturated carbocycles. The van der Waals surface area contributed by atoms with Crippen LogP contribution < -0.4 is 16.0 Å². The number of amides is 3. The molecule has 0 aliphatic carbocycles. The minimum atomic E-state index is -1.12. The molecule has 0 aromatic heterocycles. The van der Waals surface area contributed by atoms with Gasteiger partial charge < -0.3 is 21.1 Å². The fourth-order valence-corrected chi connectivity index (χ4v) is 1.30. The topological polar surface area (TPSA) is 108 Å². The van der Waals surface area contributed by atoms with Crippen molar-refractivity contribution >= 4 is 23.6 Å². The van der Waals surface area contributed by atoms with Gasteiger partial charge >= 0.3 is 12.0 Å². The Hall–Kier alpha value is -2.83. The molecule has 1 aromatic carbocycles. The minimum absolute atomic E-state index is 0.309. The van der Waals surface area contributed by atoms with E-state index in [1.807, 2.05) is 0 Å². The van der Waals surface area contributed by atoms with Crippen molar-refractivity contribution < 1.29 is 19.5 Å². The van der Waals surface area contributed by atoms with Gasteiger partial charge in [-0.3, -0.25) is 9.59 Å². The molecule has 3 amide bonds. The average molecular weight is 277 g/mol. The lowest BCUT2D eigenvalue weighted by Crippen LogP contribution is -2.29. The van der Waals surface area contributed by atoms with Gasteiger partial charge in [-0.25, -0.2) is 4.79 Å². The summed E-state index contributed by atoms with van der Waals surface area (Å²) in [5.74, 6) is -1.61. The van der Waals surface area contributed by atoms with Gasteiger partial charge in [0.25, 0.3) is 5.91 Å². The van der Waals surface area contributed by atoms with Crippen molar-refractivity contribution in [3.05, 3.63) is 42.5 Å². The third-order valence-electron chi connectivity index (χ3n) is 2.21. The Labute approximate surface area is 115 Å².